The van der Waals surface area contributed by atoms with Crippen LogP contribution in [0.15, 0.2) is 36.5 Å². The molecule has 0 aliphatic carbocycles. The van der Waals surface area contributed by atoms with E-state index in [2.05, 4.69) is 57.2 Å². The van der Waals surface area contributed by atoms with Crippen LogP contribution in [-0.4, -0.2) is 37.2 Å². The molecule has 0 heterocycles. The summed E-state index contributed by atoms with van der Waals surface area (Å²) in [5, 5.41) is 0. The largest absolute Gasteiger partial charge is 0.462 e. The molecule has 0 saturated heterocycles. The molecule has 0 aliphatic rings. The minimum atomic E-state index is -0.775. The normalized spacial score (nSPS) is 11.8. The lowest BCUT2D eigenvalue weighted by Crippen LogP contribution is -2.30. The molecule has 0 rings (SSSR count). The molecule has 0 radical (unpaired) electrons. The average Bonchev–Trinajstić information content (AvgIpc) is 3.39. The predicted octanol–water partition coefficient (Wildman–Crippen LogP) is 22.0. The van der Waals surface area contributed by atoms with Crippen LogP contribution >= 0.6 is 0 Å². The van der Waals surface area contributed by atoms with E-state index in [-0.39, 0.29) is 31.1 Å². The number of rotatable bonds is 60. The van der Waals surface area contributed by atoms with Gasteiger partial charge in [0.15, 0.2) is 6.10 Å². The third-order valence-corrected chi connectivity index (χ3v) is 14.6. The zero-order chi connectivity index (χ0) is 52.9. The zero-order valence-electron chi connectivity index (χ0n) is 49.2. The van der Waals surface area contributed by atoms with E-state index >= 15 is 0 Å². The first-order chi connectivity index (χ1) is 36.0. The van der Waals surface area contributed by atoms with Crippen molar-refractivity contribution in [2.45, 2.75) is 361 Å². The summed E-state index contributed by atoms with van der Waals surface area (Å²) in [5.41, 5.74) is 0. The standard InChI is InChI=1S/C67H124O6/c1-4-7-10-13-16-19-22-25-28-31-32-33-34-37-40-43-46-49-52-55-58-61-67(70)73-64(62-71-65(68)59-56-53-50-47-44-41-38-35-29-26-23-20-17-14-11-8-5-2)63-72-66(69)60-57-54-51-48-45-42-39-36-30-27-24-21-18-15-12-9-6-3/h25-30,64H,4-24,31-63H2,1-3H3/b28-25-,29-26-,30-27-. The number of allylic oxidation sites excluding steroid dienone is 6. The number of esters is 3. The molecule has 0 aromatic rings. The van der Waals surface area contributed by atoms with Gasteiger partial charge in [0.1, 0.15) is 13.2 Å². The molecule has 0 atom stereocenters. The molecule has 0 fully saturated rings. The molecule has 0 aromatic carbocycles. The molecule has 0 saturated carbocycles. The van der Waals surface area contributed by atoms with Crippen molar-refractivity contribution < 1.29 is 28.6 Å². The Morgan fingerprint density at radius 1 is 0.260 bits per heavy atom. The fraction of sp³-hybridized carbons (Fsp3) is 0.866. The maximum atomic E-state index is 12.9. The second kappa shape index (κ2) is 62.2. The predicted molar refractivity (Wildman–Crippen MR) is 316 cm³/mol. The van der Waals surface area contributed by atoms with E-state index in [1.165, 1.54) is 257 Å². The van der Waals surface area contributed by atoms with Crippen molar-refractivity contribution in [2.24, 2.45) is 0 Å². The van der Waals surface area contributed by atoms with E-state index in [1.807, 2.05) is 0 Å². The Hall–Kier alpha value is -2.37. The van der Waals surface area contributed by atoms with E-state index in [4.69, 9.17) is 14.2 Å². The summed E-state index contributed by atoms with van der Waals surface area (Å²) in [6, 6.07) is 0. The van der Waals surface area contributed by atoms with Crippen molar-refractivity contribution in [1.82, 2.24) is 0 Å². The van der Waals surface area contributed by atoms with Crippen LogP contribution in [0.4, 0.5) is 0 Å². The minimum absolute atomic E-state index is 0.0729. The molecule has 428 valence electrons. The van der Waals surface area contributed by atoms with Gasteiger partial charge in [0.2, 0.25) is 0 Å². The lowest BCUT2D eigenvalue weighted by atomic mass is 10.0. The monoisotopic (exact) mass is 1020 g/mol. The highest BCUT2D eigenvalue weighted by Gasteiger charge is 2.19. The highest BCUT2D eigenvalue weighted by atomic mass is 16.6. The number of carbonyl (C=O) groups is 3. The van der Waals surface area contributed by atoms with Gasteiger partial charge in [-0.1, -0.05) is 276 Å². The van der Waals surface area contributed by atoms with Crippen molar-refractivity contribution in [3.8, 4) is 0 Å². The van der Waals surface area contributed by atoms with Crippen molar-refractivity contribution >= 4 is 17.9 Å². The first-order valence-electron chi connectivity index (χ1n) is 32.5. The SMILES string of the molecule is CCCCCCCC/C=C\CCCCCCCCCCCCCC(=O)OC(COC(=O)CCCCCCCCC/C=C\CCCCCCCC)COC(=O)CCCCCCCCC/C=C\CCCCCCCC. The topological polar surface area (TPSA) is 78.9 Å². The first-order valence-corrected chi connectivity index (χ1v) is 32.5. The van der Waals surface area contributed by atoms with Crippen LogP contribution in [0.1, 0.15) is 355 Å². The van der Waals surface area contributed by atoms with Crippen LogP contribution in [0.5, 0.6) is 0 Å². The van der Waals surface area contributed by atoms with E-state index in [1.54, 1.807) is 0 Å². The lowest BCUT2D eigenvalue weighted by molar-refractivity contribution is -0.167. The number of ether oxygens (including phenoxy) is 3. The van der Waals surface area contributed by atoms with Crippen molar-refractivity contribution in [3.05, 3.63) is 36.5 Å². The zero-order valence-corrected chi connectivity index (χ0v) is 49.2. The van der Waals surface area contributed by atoms with Crippen LogP contribution in [-0.2, 0) is 28.6 Å². The van der Waals surface area contributed by atoms with E-state index in [0.29, 0.717) is 19.3 Å². The van der Waals surface area contributed by atoms with Crippen molar-refractivity contribution in [2.75, 3.05) is 13.2 Å². The van der Waals surface area contributed by atoms with Crippen LogP contribution in [0.3, 0.4) is 0 Å². The van der Waals surface area contributed by atoms with Gasteiger partial charge in [-0.25, -0.2) is 0 Å². The second-order valence-electron chi connectivity index (χ2n) is 22.0. The number of hydrogen-bond acceptors (Lipinski definition) is 6. The maximum Gasteiger partial charge on any atom is 0.306 e. The molecule has 0 N–H and O–H groups in total. The van der Waals surface area contributed by atoms with Gasteiger partial charge in [-0.05, 0) is 96.3 Å². The van der Waals surface area contributed by atoms with Gasteiger partial charge in [0.05, 0.1) is 0 Å². The number of unbranched alkanes of at least 4 members (excludes halogenated alkanes) is 43. The van der Waals surface area contributed by atoms with Crippen molar-refractivity contribution in [1.29, 1.82) is 0 Å². The summed E-state index contributed by atoms with van der Waals surface area (Å²) in [6.45, 7) is 6.68. The quantitative estimate of drug-likeness (QED) is 0.0261. The van der Waals surface area contributed by atoms with Gasteiger partial charge in [-0.2, -0.15) is 0 Å². The summed E-state index contributed by atoms with van der Waals surface area (Å²) in [4.78, 5) is 38.3. The summed E-state index contributed by atoms with van der Waals surface area (Å²) in [7, 11) is 0. The highest BCUT2D eigenvalue weighted by molar-refractivity contribution is 5.71. The smallest absolute Gasteiger partial charge is 0.306 e. The highest BCUT2D eigenvalue weighted by Crippen LogP contribution is 2.17. The Bertz CT molecular complexity index is 1160. The molecular formula is C67H124O6. The Labute approximate surface area is 455 Å². The molecular weight excluding hydrogens is 901 g/mol. The number of carbonyl (C=O) groups excluding carboxylic acids is 3. The summed E-state index contributed by atoms with van der Waals surface area (Å²) >= 11 is 0. The van der Waals surface area contributed by atoms with Crippen molar-refractivity contribution in [3.63, 3.8) is 0 Å². The van der Waals surface area contributed by atoms with E-state index in [0.717, 1.165) is 57.8 Å². The molecule has 0 unspecified atom stereocenters. The molecule has 0 aromatic heterocycles. The molecule has 0 aliphatic heterocycles. The van der Waals surface area contributed by atoms with Crippen LogP contribution in [0.2, 0.25) is 0 Å². The molecule has 0 spiro atoms. The Morgan fingerprint density at radius 3 is 0.685 bits per heavy atom. The van der Waals surface area contributed by atoms with Gasteiger partial charge < -0.3 is 14.2 Å². The van der Waals surface area contributed by atoms with E-state index < -0.39 is 6.10 Å². The third-order valence-electron chi connectivity index (χ3n) is 14.6. The minimum Gasteiger partial charge on any atom is -0.462 e. The fourth-order valence-corrected chi connectivity index (χ4v) is 9.67. The van der Waals surface area contributed by atoms with Gasteiger partial charge in [0.25, 0.3) is 0 Å². The van der Waals surface area contributed by atoms with Crippen LogP contribution in [0.25, 0.3) is 0 Å². The van der Waals surface area contributed by atoms with Crippen LogP contribution in [0, 0.1) is 0 Å². The van der Waals surface area contributed by atoms with Crippen LogP contribution < -0.4 is 0 Å². The average molecular weight is 1030 g/mol. The molecule has 0 bridgehead atoms. The molecule has 0 amide bonds. The Morgan fingerprint density at radius 2 is 0.452 bits per heavy atom. The maximum absolute atomic E-state index is 12.9. The molecule has 73 heavy (non-hydrogen) atoms. The van der Waals surface area contributed by atoms with Gasteiger partial charge >= 0.3 is 17.9 Å². The first kappa shape index (κ1) is 70.6. The van der Waals surface area contributed by atoms with Gasteiger partial charge in [-0.3, -0.25) is 14.4 Å². The summed E-state index contributed by atoms with van der Waals surface area (Å²) in [5.74, 6) is -0.859. The number of hydrogen-bond donors (Lipinski definition) is 0. The fourth-order valence-electron chi connectivity index (χ4n) is 9.67. The Kier molecular flexibility index (Phi) is 60.2. The van der Waals surface area contributed by atoms with Gasteiger partial charge in [0, 0.05) is 19.3 Å². The second-order valence-corrected chi connectivity index (χ2v) is 22.0. The molecule has 6 nitrogen and oxygen atoms in total. The van der Waals surface area contributed by atoms with E-state index in [9.17, 15) is 14.4 Å². The Balaban J connectivity index is 4.34. The molecule has 6 heteroatoms. The third kappa shape index (κ3) is 60.4. The lowest BCUT2D eigenvalue weighted by Gasteiger charge is -2.18. The summed E-state index contributed by atoms with van der Waals surface area (Å²) < 4.78 is 17.0. The van der Waals surface area contributed by atoms with Gasteiger partial charge in [-0.15, -0.1) is 0 Å². The summed E-state index contributed by atoms with van der Waals surface area (Å²) in [6.07, 6.45) is 75.7.